The summed E-state index contributed by atoms with van der Waals surface area (Å²) in [6, 6.07) is 2.04. The minimum atomic E-state index is -0.770. The van der Waals surface area contributed by atoms with Gasteiger partial charge in [-0.05, 0) is 19.9 Å². The number of nitrogens with zero attached hydrogens (tertiary/aromatic N) is 3. The van der Waals surface area contributed by atoms with E-state index >= 15 is 0 Å². The molecular weight excluding hydrogens is 234 g/mol. The topological polar surface area (TPSA) is 84.6 Å². The Labute approximate surface area is 107 Å². The molecule has 1 amide bonds. The monoisotopic (exact) mass is 253 g/mol. The molecule has 0 bridgehead atoms. The maximum absolute atomic E-state index is 11.9. The van der Waals surface area contributed by atoms with Crippen LogP contribution in [0.1, 0.15) is 19.3 Å². The molecule has 1 fully saturated rings. The summed E-state index contributed by atoms with van der Waals surface area (Å²) in [7, 11) is 1.80. The van der Waals surface area contributed by atoms with Crippen molar-refractivity contribution < 1.29 is 14.7 Å². The van der Waals surface area contributed by atoms with Gasteiger partial charge in [0.2, 0.25) is 5.91 Å². The number of hydrogen-bond acceptors (Lipinski definition) is 4. The van der Waals surface area contributed by atoms with Crippen molar-refractivity contribution in [2.75, 3.05) is 33.2 Å². The molecule has 100 valence electrons. The fourth-order valence-corrected chi connectivity index (χ4v) is 2.03. The number of hydrogen-bond donors (Lipinski definition) is 1. The van der Waals surface area contributed by atoms with E-state index in [9.17, 15) is 9.59 Å². The average Bonchev–Trinajstić information content (AvgIpc) is 2.36. The lowest BCUT2D eigenvalue weighted by molar-refractivity contribution is -0.145. The van der Waals surface area contributed by atoms with Crippen molar-refractivity contribution in [3.05, 3.63) is 0 Å². The first-order chi connectivity index (χ1) is 8.54. The van der Waals surface area contributed by atoms with E-state index < -0.39 is 5.97 Å². The molecule has 6 nitrogen and oxygen atoms in total. The summed E-state index contributed by atoms with van der Waals surface area (Å²) in [5, 5.41) is 17.3. The van der Waals surface area contributed by atoms with Gasteiger partial charge in [0.25, 0.3) is 0 Å². The third-order valence-corrected chi connectivity index (χ3v) is 3.21. The Balaban J connectivity index is 2.32. The molecule has 0 spiro atoms. The molecule has 1 aliphatic heterocycles. The van der Waals surface area contributed by atoms with Crippen molar-refractivity contribution in [1.29, 1.82) is 5.26 Å². The Kier molecular flexibility index (Phi) is 5.59. The van der Waals surface area contributed by atoms with E-state index in [1.807, 2.05) is 11.0 Å². The number of likely N-dealkylation sites (N-methyl/N-ethyl adjacent to an activating group) is 1. The summed E-state index contributed by atoms with van der Waals surface area (Å²) in [5.41, 5.74) is 0. The molecule has 0 saturated carbocycles. The van der Waals surface area contributed by atoms with Gasteiger partial charge < -0.3 is 10.0 Å². The van der Waals surface area contributed by atoms with Crippen LogP contribution in [0.15, 0.2) is 0 Å². The van der Waals surface area contributed by atoms with Gasteiger partial charge in [-0.1, -0.05) is 0 Å². The van der Waals surface area contributed by atoms with Crippen LogP contribution in [-0.4, -0.2) is 60.0 Å². The van der Waals surface area contributed by atoms with Crippen molar-refractivity contribution in [2.45, 2.75) is 19.3 Å². The van der Waals surface area contributed by atoms with Crippen LogP contribution in [-0.2, 0) is 9.59 Å². The van der Waals surface area contributed by atoms with Crippen molar-refractivity contribution in [1.82, 2.24) is 9.80 Å². The number of carbonyl (C=O) groups excluding carboxylic acids is 1. The highest BCUT2D eigenvalue weighted by Gasteiger charge is 2.27. The molecule has 1 aliphatic rings. The largest absolute Gasteiger partial charge is 0.481 e. The van der Waals surface area contributed by atoms with Gasteiger partial charge in [-0.3, -0.25) is 14.5 Å². The summed E-state index contributed by atoms with van der Waals surface area (Å²) < 4.78 is 0. The van der Waals surface area contributed by atoms with Gasteiger partial charge in [-0.15, -0.1) is 0 Å². The number of carbonyl (C=O) groups is 2. The second kappa shape index (κ2) is 6.97. The Bertz CT molecular complexity index is 343. The third kappa shape index (κ3) is 4.34. The smallest absolute Gasteiger partial charge is 0.306 e. The van der Waals surface area contributed by atoms with E-state index in [0.29, 0.717) is 45.4 Å². The molecule has 1 heterocycles. The van der Waals surface area contributed by atoms with Crippen molar-refractivity contribution in [3.8, 4) is 6.07 Å². The lowest BCUT2D eigenvalue weighted by atomic mass is 9.97. The van der Waals surface area contributed by atoms with E-state index in [0.717, 1.165) is 0 Å². The minimum Gasteiger partial charge on any atom is -0.481 e. The first-order valence-electron chi connectivity index (χ1n) is 6.10. The molecule has 1 rings (SSSR count). The van der Waals surface area contributed by atoms with Crippen LogP contribution in [0.2, 0.25) is 0 Å². The van der Waals surface area contributed by atoms with Crippen LogP contribution in [0.4, 0.5) is 0 Å². The zero-order chi connectivity index (χ0) is 13.5. The van der Waals surface area contributed by atoms with Crippen molar-refractivity contribution in [2.24, 2.45) is 5.92 Å². The summed E-state index contributed by atoms with van der Waals surface area (Å²) >= 11 is 0. The number of aliphatic carboxylic acids is 1. The highest BCUT2D eigenvalue weighted by atomic mass is 16.4. The fourth-order valence-electron chi connectivity index (χ4n) is 2.03. The van der Waals surface area contributed by atoms with Gasteiger partial charge in [-0.25, -0.2) is 0 Å². The lowest BCUT2D eigenvalue weighted by Gasteiger charge is -2.31. The molecule has 0 aliphatic carbocycles. The van der Waals surface area contributed by atoms with Crippen LogP contribution < -0.4 is 0 Å². The van der Waals surface area contributed by atoms with Crippen LogP contribution in [0.3, 0.4) is 0 Å². The molecule has 18 heavy (non-hydrogen) atoms. The standard InChI is InChI=1S/C12H19N3O3/c1-14(6-2-5-13)9-11(16)15-7-3-10(4-8-15)12(17)18/h10H,2-4,6-9H2,1H3,(H,17,18). The molecule has 0 aromatic heterocycles. The molecular formula is C12H19N3O3. The normalized spacial score (nSPS) is 16.6. The Hall–Kier alpha value is -1.61. The Morgan fingerprint density at radius 3 is 2.56 bits per heavy atom. The van der Waals surface area contributed by atoms with Crippen LogP contribution in [0.5, 0.6) is 0 Å². The fraction of sp³-hybridized carbons (Fsp3) is 0.750. The molecule has 0 radical (unpaired) electrons. The van der Waals surface area contributed by atoms with E-state index in [1.165, 1.54) is 0 Å². The minimum absolute atomic E-state index is 0.0132. The molecule has 1 N–H and O–H groups in total. The number of likely N-dealkylation sites (tertiary alicyclic amines) is 1. The van der Waals surface area contributed by atoms with Gasteiger partial charge in [0.05, 0.1) is 18.5 Å². The molecule has 0 atom stereocenters. The zero-order valence-corrected chi connectivity index (χ0v) is 10.6. The van der Waals surface area contributed by atoms with Crippen molar-refractivity contribution >= 4 is 11.9 Å². The Morgan fingerprint density at radius 2 is 2.06 bits per heavy atom. The van der Waals surface area contributed by atoms with Gasteiger partial charge in [0, 0.05) is 26.1 Å². The SMILES string of the molecule is CN(CCC#N)CC(=O)N1CCC(C(=O)O)CC1. The first-order valence-corrected chi connectivity index (χ1v) is 6.10. The van der Waals surface area contributed by atoms with Crippen LogP contribution in [0, 0.1) is 17.2 Å². The molecule has 0 aromatic carbocycles. The van der Waals surface area contributed by atoms with Crippen molar-refractivity contribution in [3.63, 3.8) is 0 Å². The molecule has 0 unspecified atom stereocenters. The molecule has 0 aromatic rings. The number of rotatable bonds is 5. The maximum atomic E-state index is 11.9. The van der Waals surface area contributed by atoms with E-state index in [2.05, 4.69) is 0 Å². The molecule has 6 heteroatoms. The summed E-state index contributed by atoms with van der Waals surface area (Å²) in [5.74, 6) is -1.07. The summed E-state index contributed by atoms with van der Waals surface area (Å²) in [6.45, 7) is 1.90. The van der Waals surface area contributed by atoms with Gasteiger partial charge in [0.1, 0.15) is 0 Å². The maximum Gasteiger partial charge on any atom is 0.306 e. The second-order valence-corrected chi connectivity index (χ2v) is 4.64. The zero-order valence-electron chi connectivity index (χ0n) is 10.6. The Morgan fingerprint density at radius 1 is 1.44 bits per heavy atom. The number of amides is 1. The number of nitriles is 1. The van der Waals surface area contributed by atoms with Gasteiger partial charge >= 0.3 is 5.97 Å². The number of carboxylic acids is 1. The van der Waals surface area contributed by atoms with E-state index in [4.69, 9.17) is 10.4 Å². The van der Waals surface area contributed by atoms with E-state index in [-0.39, 0.29) is 11.8 Å². The van der Waals surface area contributed by atoms with E-state index in [1.54, 1.807) is 11.9 Å². The second-order valence-electron chi connectivity index (χ2n) is 4.64. The van der Waals surface area contributed by atoms with Gasteiger partial charge in [-0.2, -0.15) is 5.26 Å². The summed E-state index contributed by atoms with van der Waals surface area (Å²) in [4.78, 5) is 26.2. The number of piperidine rings is 1. The van der Waals surface area contributed by atoms with Gasteiger partial charge in [0.15, 0.2) is 0 Å². The number of carboxylic acid groups (broad SMARTS) is 1. The first kappa shape index (κ1) is 14.5. The highest BCUT2D eigenvalue weighted by Crippen LogP contribution is 2.17. The van der Waals surface area contributed by atoms with Crippen LogP contribution >= 0.6 is 0 Å². The highest BCUT2D eigenvalue weighted by molar-refractivity contribution is 5.78. The molecule has 1 saturated heterocycles. The third-order valence-electron chi connectivity index (χ3n) is 3.21. The average molecular weight is 253 g/mol. The van der Waals surface area contributed by atoms with Crippen LogP contribution in [0.25, 0.3) is 0 Å². The quantitative estimate of drug-likeness (QED) is 0.754. The predicted octanol–water partition coefficient (Wildman–Crippen LogP) is 0.155. The summed E-state index contributed by atoms with van der Waals surface area (Å²) in [6.07, 6.45) is 1.47. The predicted molar refractivity (Wildman–Crippen MR) is 64.7 cm³/mol. The lowest BCUT2D eigenvalue weighted by Crippen LogP contribution is -2.44.